The van der Waals surface area contributed by atoms with Gasteiger partial charge >= 0.3 is 0 Å². The Morgan fingerprint density at radius 2 is 2.14 bits per heavy atom. The quantitative estimate of drug-likeness (QED) is 0.875. The van der Waals surface area contributed by atoms with Crippen molar-refractivity contribution in [3.63, 3.8) is 0 Å². The first-order valence-corrected chi connectivity index (χ1v) is 9.19. The maximum absolute atomic E-state index is 12.6. The molecule has 4 nitrogen and oxygen atoms in total. The molecule has 0 aromatic carbocycles. The lowest BCUT2D eigenvalue weighted by Crippen LogP contribution is -2.47. The van der Waals surface area contributed by atoms with Crippen LogP contribution in [-0.4, -0.2) is 39.3 Å². The van der Waals surface area contributed by atoms with Gasteiger partial charge in [0.05, 0.1) is 12.2 Å². The molecule has 1 aromatic rings. The Labute approximate surface area is 136 Å². The third kappa shape index (κ3) is 3.36. The fourth-order valence-electron chi connectivity index (χ4n) is 3.68. The predicted octanol–water partition coefficient (Wildman–Crippen LogP) is 2.37. The van der Waals surface area contributed by atoms with E-state index in [1.54, 1.807) is 18.4 Å². The van der Waals surface area contributed by atoms with Crippen LogP contribution in [0, 0.1) is 5.41 Å². The van der Waals surface area contributed by atoms with E-state index in [2.05, 4.69) is 16.0 Å². The van der Waals surface area contributed by atoms with Crippen molar-refractivity contribution in [1.82, 2.24) is 10.6 Å². The summed E-state index contributed by atoms with van der Waals surface area (Å²) < 4.78 is 5.42. The molecule has 1 aliphatic carbocycles. The molecule has 5 heteroatoms. The van der Waals surface area contributed by atoms with Crippen molar-refractivity contribution in [1.29, 1.82) is 0 Å². The number of thiophene rings is 1. The number of amides is 1. The number of methoxy groups -OCH3 is 1. The van der Waals surface area contributed by atoms with Crippen LogP contribution < -0.4 is 10.6 Å². The minimum absolute atomic E-state index is 0.0890. The Hall–Kier alpha value is -0.910. The highest BCUT2D eigenvalue weighted by Crippen LogP contribution is 2.31. The lowest BCUT2D eigenvalue weighted by molar-refractivity contribution is 0.0511. The summed E-state index contributed by atoms with van der Waals surface area (Å²) in [6, 6.07) is 0. The van der Waals surface area contributed by atoms with Crippen LogP contribution in [0.5, 0.6) is 0 Å². The van der Waals surface area contributed by atoms with Crippen LogP contribution in [0.1, 0.15) is 46.5 Å². The molecule has 0 radical (unpaired) electrons. The number of aryl methyl sites for hydroxylation is 1. The molecule has 1 amide bonds. The Kier molecular flexibility index (Phi) is 5.16. The third-order valence-corrected chi connectivity index (χ3v) is 6.13. The Morgan fingerprint density at radius 1 is 1.36 bits per heavy atom. The first-order valence-electron chi connectivity index (χ1n) is 8.31. The Morgan fingerprint density at radius 3 is 2.91 bits per heavy atom. The summed E-state index contributed by atoms with van der Waals surface area (Å²) in [5.41, 5.74) is 2.31. The number of ether oxygens (including phenoxy) is 1. The van der Waals surface area contributed by atoms with Gasteiger partial charge in [-0.2, -0.15) is 0 Å². The molecule has 22 heavy (non-hydrogen) atoms. The summed E-state index contributed by atoms with van der Waals surface area (Å²) in [5.74, 6) is 0.105. The largest absolute Gasteiger partial charge is 0.384 e. The van der Waals surface area contributed by atoms with Gasteiger partial charge in [-0.25, -0.2) is 0 Å². The summed E-state index contributed by atoms with van der Waals surface area (Å²) in [4.78, 5) is 14.0. The van der Waals surface area contributed by atoms with Crippen LogP contribution in [0.3, 0.4) is 0 Å². The number of hydrogen-bond donors (Lipinski definition) is 2. The summed E-state index contributed by atoms with van der Waals surface area (Å²) >= 11 is 1.76. The zero-order valence-electron chi connectivity index (χ0n) is 13.4. The highest BCUT2D eigenvalue weighted by atomic mass is 32.1. The molecular weight excluding hydrogens is 296 g/mol. The van der Waals surface area contributed by atoms with Crippen LogP contribution in [0.4, 0.5) is 0 Å². The number of carbonyl (C=O) groups excluding carboxylic acids is 1. The van der Waals surface area contributed by atoms with Gasteiger partial charge in [-0.05, 0) is 57.2 Å². The lowest BCUT2D eigenvalue weighted by Gasteiger charge is -2.37. The second kappa shape index (κ2) is 7.11. The molecule has 1 saturated heterocycles. The number of fused-ring (bicyclic) bond motifs is 1. The van der Waals surface area contributed by atoms with Gasteiger partial charge in [0, 0.05) is 29.3 Å². The number of nitrogens with one attached hydrogen (secondary N) is 2. The van der Waals surface area contributed by atoms with Gasteiger partial charge in [-0.1, -0.05) is 0 Å². The topological polar surface area (TPSA) is 50.4 Å². The molecule has 0 bridgehead atoms. The SMILES string of the molecule is COCC1(CNC(=O)c2csc3c2CCCC3)CCNCC1. The van der Waals surface area contributed by atoms with Gasteiger partial charge in [-0.3, -0.25) is 4.79 Å². The number of carbonyl (C=O) groups is 1. The molecule has 0 saturated carbocycles. The second-order valence-electron chi connectivity index (χ2n) is 6.62. The summed E-state index contributed by atoms with van der Waals surface area (Å²) in [7, 11) is 1.75. The van der Waals surface area contributed by atoms with Crippen molar-refractivity contribution >= 4 is 17.2 Å². The van der Waals surface area contributed by atoms with E-state index >= 15 is 0 Å². The van der Waals surface area contributed by atoms with Gasteiger partial charge in [0.15, 0.2) is 0 Å². The van der Waals surface area contributed by atoms with Crippen molar-refractivity contribution in [2.24, 2.45) is 5.41 Å². The van der Waals surface area contributed by atoms with E-state index in [4.69, 9.17) is 4.74 Å². The average molecular weight is 322 g/mol. The van der Waals surface area contributed by atoms with E-state index < -0.39 is 0 Å². The first-order chi connectivity index (χ1) is 10.7. The van der Waals surface area contributed by atoms with E-state index in [-0.39, 0.29) is 11.3 Å². The molecular formula is C17H26N2O2S. The van der Waals surface area contributed by atoms with Crippen molar-refractivity contribution < 1.29 is 9.53 Å². The van der Waals surface area contributed by atoms with E-state index in [9.17, 15) is 4.79 Å². The van der Waals surface area contributed by atoms with Gasteiger partial charge in [0.25, 0.3) is 5.91 Å². The molecule has 0 unspecified atom stereocenters. The van der Waals surface area contributed by atoms with Crippen LogP contribution >= 0.6 is 11.3 Å². The van der Waals surface area contributed by atoms with Crippen LogP contribution in [-0.2, 0) is 17.6 Å². The Balaban J connectivity index is 1.65. The molecule has 2 aliphatic rings. The minimum Gasteiger partial charge on any atom is -0.384 e. The van der Waals surface area contributed by atoms with E-state index in [0.29, 0.717) is 6.54 Å². The van der Waals surface area contributed by atoms with Gasteiger partial charge < -0.3 is 15.4 Å². The predicted molar refractivity (Wildman–Crippen MR) is 89.7 cm³/mol. The summed E-state index contributed by atoms with van der Waals surface area (Å²) in [6.07, 6.45) is 6.80. The Bertz CT molecular complexity index is 515. The monoisotopic (exact) mass is 322 g/mol. The molecule has 1 aromatic heterocycles. The van der Waals surface area contributed by atoms with Crippen LogP contribution in [0.25, 0.3) is 0 Å². The van der Waals surface area contributed by atoms with Crippen LogP contribution in [0.15, 0.2) is 5.38 Å². The van der Waals surface area contributed by atoms with Gasteiger partial charge in [-0.15, -0.1) is 11.3 Å². The van der Waals surface area contributed by atoms with Crippen molar-refractivity contribution in [2.45, 2.75) is 38.5 Å². The van der Waals surface area contributed by atoms with E-state index in [1.165, 1.54) is 23.3 Å². The molecule has 0 atom stereocenters. The number of piperidine rings is 1. The summed E-state index contributed by atoms with van der Waals surface area (Å²) in [6.45, 7) is 3.45. The summed E-state index contributed by atoms with van der Waals surface area (Å²) in [5, 5.41) is 8.63. The molecule has 1 aliphatic heterocycles. The average Bonchev–Trinajstić information content (AvgIpc) is 2.98. The van der Waals surface area contributed by atoms with Crippen molar-refractivity contribution in [3.05, 3.63) is 21.4 Å². The zero-order chi connectivity index (χ0) is 15.4. The molecule has 0 spiro atoms. The maximum Gasteiger partial charge on any atom is 0.252 e. The fourth-order valence-corrected chi connectivity index (χ4v) is 4.81. The van der Waals surface area contributed by atoms with E-state index in [1.807, 2.05) is 0 Å². The van der Waals surface area contributed by atoms with Gasteiger partial charge in [0.1, 0.15) is 0 Å². The minimum atomic E-state index is 0.0890. The fraction of sp³-hybridized carbons (Fsp3) is 0.706. The zero-order valence-corrected chi connectivity index (χ0v) is 14.2. The highest BCUT2D eigenvalue weighted by molar-refractivity contribution is 7.10. The smallest absolute Gasteiger partial charge is 0.252 e. The van der Waals surface area contributed by atoms with Crippen molar-refractivity contribution in [3.8, 4) is 0 Å². The molecule has 1 fully saturated rings. The van der Waals surface area contributed by atoms with Gasteiger partial charge in [0.2, 0.25) is 0 Å². The first kappa shape index (κ1) is 16.0. The number of rotatable bonds is 5. The van der Waals surface area contributed by atoms with E-state index in [0.717, 1.165) is 50.9 Å². The number of hydrogen-bond acceptors (Lipinski definition) is 4. The van der Waals surface area contributed by atoms with Crippen molar-refractivity contribution in [2.75, 3.05) is 33.4 Å². The molecule has 2 heterocycles. The van der Waals surface area contributed by atoms with Crippen LogP contribution in [0.2, 0.25) is 0 Å². The standard InChI is InChI=1S/C17H26N2O2S/c1-21-12-17(6-8-18-9-7-17)11-19-16(20)14-10-22-15-5-3-2-4-13(14)15/h10,18H,2-9,11-12H2,1H3,(H,19,20). The molecule has 122 valence electrons. The highest BCUT2D eigenvalue weighted by Gasteiger charge is 2.33. The molecule has 3 rings (SSSR count). The second-order valence-corrected chi connectivity index (χ2v) is 7.59. The third-order valence-electron chi connectivity index (χ3n) is 5.04. The molecule has 2 N–H and O–H groups in total. The normalized spacial score (nSPS) is 20.4. The lowest BCUT2D eigenvalue weighted by atomic mass is 9.79. The maximum atomic E-state index is 12.6.